The summed E-state index contributed by atoms with van der Waals surface area (Å²) in [6.45, 7) is 1.42. The number of non-ortho nitro benzene ring substituents is 1. The molecule has 2 aromatic carbocycles. The van der Waals surface area contributed by atoms with Crippen LogP contribution in [-0.2, 0) is 9.59 Å². The molecule has 2 aromatic rings. The lowest BCUT2D eigenvalue weighted by Gasteiger charge is -2.29. The number of rotatable bonds is 3. The molecule has 29 heavy (non-hydrogen) atoms. The second-order valence-electron chi connectivity index (χ2n) is 7.44. The number of nitro groups is 1. The Labute approximate surface area is 174 Å². The summed E-state index contributed by atoms with van der Waals surface area (Å²) in [5.74, 6) is -1.08. The van der Waals surface area contributed by atoms with Crippen LogP contribution in [0, 0.1) is 16.0 Å². The van der Waals surface area contributed by atoms with Crippen LogP contribution in [0.15, 0.2) is 53.0 Å². The predicted octanol–water partition coefficient (Wildman–Crippen LogP) is 2.89. The Bertz CT molecular complexity index is 1030. The Hall–Kier alpha value is -2.62. The second-order valence-corrected chi connectivity index (χ2v) is 8.35. The van der Waals surface area contributed by atoms with E-state index in [2.05, 4.69) is 15.9 Å². The number of imide groups is 1. The van der Waals surface area contributed by atoms with Crippen molar-refractivity contribution in [2.45, 2.75) is 18.5 Å². The average Bonchev–Trinajstić information content (AvgIpc) is 3.35. The molecule has 8 nitrogen and oxygen atoms in total. The molecule has 3 saturated heterocycles. The first-order chi connectivity index (χ1) is 14.0. The topological polar surface area (TPSA) is 87.0 Å². The lowest BCUT2D eigenvalue weighted by Crippen LogP contribution is -2.44. The van der Waals surface area contributed by atoms with Crippen molar-refractivity contribution in [3.63, 3.8) is 0 Å². The number of nitrogens with zero attached hydrogens (tertiary/aromatic N) is 4. The third-order valence-corrected chi connectivity index (χ3v) is 6.44. The number of halogens is 1. The van der Waals surface area contributed by atoms with E-state index in [1.54, 1.807) is 36.4 Å². The largest absolute Gasteiger partial charge is 0.274 e. The first-order valence-corrected chi connectivity index (χ1v) is 10.2. The smallest absolute Gasteiger partial charge is 0.269 e. The van der Waals surface area contributed by atoms with E-state index in [0.29, 0.717) is 17.8 Å². The van der Waals surface area contributed by atoms with Crippen LogP contribution in [0.3, 0.4) is 0 Å². The molecule has 148 valence electrons. The predicted molar refractivity (Wildman–Crippen MR) is 108 cm³/mol. The van der Waals surface area contributed by atoms with Crippen LogP contribution >= 0.6 is 15.9 Å². The standard InChI is InChI=1S/C20H17BrN4O4/c21-13-5-7-14(8-6-13)24-19(26)16-17(12-3-1-4-15(11-12)25(28)29)22-9-2-10-23(22)18(16)20(24)27/h1,3-8,11,16-18H,2,9-10H2/t16-,17-,18-/m0/s1. The highest BCUT2D eigenvalue weighted by Gasteiger charge is 2.62. The van der Waals surface area contributed by atoms with Crippen molar-refractivity contribution >= 4 is 39.1 Å². The van der Waals surface area contributed by atoms with Gasteiger partial charge < -0.3 is 0 Å². The maximum absolute atomic E-state index is 13.4. The van der Waals surface area contributed by atoms with E-state index in [9.17, 15) is 19.7 Å². The van der Waals surface area contributed by atoms with Gasteiger partial charge in [0, 0.05) is 29.7 Å². The van der Waals surface area contributed by atoms with Gasteiger partial charge in [0.05, 0.1) is 22.6 Å². The lowest BCUT2D eigenvalue weighted by molar-refractivity contribution is -0.385. The molecule has 0 aliphatic carbocycles. The van der Waals surface area contributed by atoms with Crippen LogP contribution in [0.2, 0.25) is 0 Å². The summed E-state index contributed by atoms with van der Waals surface area (Å²) in [6.07, 6.45) is 0.883. The van der Waals surface area contributed by atoms with Gasteiger partial charge in [-0.1, -0.05) is 28.1 Å². The van der Waals surface area contributed by atoms with Crippen LogP contribution in [0.4, 0.5) is 11.4 Å². The second kappa shape index (κ2) is 6.72. The first-order valence-electron chi connectivity index (χ1n) is 9.38. The number of hydrogen-bond acceptors (Lipinski definition) is 6. The highest BCUT2D eigenvalue weighted by molar-refractivity contribution is 9.10. The molecule has 0 saturated carbocycles. The fraction of sp³-hybridized carbons (Fsp3) is 0.300. The summed E-state index contributed by atoms with van der Waals surface area (Å²) in [5, 5.41) is 15.3. The number of amides is 2. The molecule has 3 atom stereocenters. The average molecular weight is 457 g/mol. The van der Waals surface area contributed by atoms with E-state index < -0.39 is 16.9 Å². The summed E-state index contributed by atoms with van der Waals surface area (Å²) >= 11 is 3.37. The van der Waals surface area contributed by atoms with Gasteiger partial charge in [-0.05, 0) is 36.2 Å². The Kier molecular flexibility index (Phi) is 4.27. The number of fused-ring (bicyclic) bond motifs is 3. The Morgan fingerprint density at radius 1 is 0.966 bits per heavy atom. The minimum atomic E-state index is -0.589. The third kappa shape index (κ3) is 2.72. The van der Waals surface area contributed by atoms with Crippen molar-refractivity contribution in [1.29, 1.82) is 0 Å². The van der Waals surface area contributed by atoms with Gasteiger partial charge in [-0.15, -0.1) is 0 Å². The monoisotopic (exact) mass is 456 g/mol. The van der Waals surface area contributed by atoms with Crippen molar-refractivity contribution in [1.82, 2.24) is 10.0 Å². The Morgan fingerprint density at radius 3 is 2.34 bits per heavy atom. The Balaban J connectivity index is 1.58. The third-order valence-electron chi connectivity index (χ3n) is 5.91. The normalized spacial score (nSPS) is 26.8. The van der Waals surface area contributed by atoms with Gasteiger partial charge in [-0.3, -0.25) is 19.7 Å². The maximum Gasteiger partial charge on any atom is 0.269 e. The summed E-state index contributed by atoms with van der Waals surface area (Å²) in [4.78, 5) is 38.8. The minimum Gasteiger partial charge on any atom is -0.274 e. The number of hydrogen-bond donors (Lipinski definition) is 0. The van der Waals surface area contributed by atoms with Crippen LogP contribution in [0.1, 0.15) is 18.0 Å². The maximum atomic E-state index is 13.4. The zero-order valence-electron chi connectivity index (χ0n) is 15.3. The van der Waals surface area contributed by atoms with Crippen LogP contribution in [-0.4, -0.2) is 45.9 Å². The van der Waals surface area contributed by atoms with Crippen LogP contribution in [0.5, 0.6) is 0 Å². The molecular formula is C20H17BrN4O4. The number of carbonyl (C=O) groups excluding carboxylic acids is 2. The summed E-state index contributed by atoms with van der Waals surface area (Å²) in [5.41, 5.74) is 1.22. The van der Waals surface area contributed by atoms with Crippen molar-refractivity contribution in [2.75, 3.05) is 18.0 Å². The molecular weight excluding hydrogens is 440 g/mol. The lowest BCUT2D eigenvalue weighted by atomic mass is 9.89. The first kappa shape index (κ1) is 18.4. The van der Waals surface area contributed by atoms with E-state index in [0.717, 1.165) is 17.4 Å². The highest BCUT2D eigenvalue weighted by atomic mass is 79.9. The Morgan fingerprint density at radius 2 is 1.66 bits per heavy atom. The van der Waals surface area contributed by atoms with Gasteiger partial charge in [0.2, 0.25) is 5.91 Å². The SMILES string of the molecule is O=C1[C@@H]2[C@@H](C(=O)N1c1ccc(Br)cc1)N1CCCN1[C@H]2c1cccc([N+](=O)[O-])c1. The van der Waals surface area contributed by atoms with Gasteiger partial charge in [0.15, 0.2) is 0 Å². The van der Waals surface area contributed by atoms with E-state index in [1.807, 2.05) is 10.0 Å². The van der Waals surface area contributed by atoms with Gasteiger partial charge in [0.1, 0.15) is 6.04 Å². The fourth-order valence-electron chi connectivity index (χ4n) is 4.78. The molecule has 0 N–H and O–H groups in total. The van der Waals surface area contributed by atoms with Gasteiger partial charge in [-0.25, -0.2) is 14.9 Å². The van der Waals surface area contributed by atoms with Gasteiger partial charge in [0.25, 0.3) is 11.6 Å². The van der Waals surface area contributed by atoms with Gasteiger partial charge >= 0.3 is 0 Å². The molecule has 5 rings (SSSR count). The molecule has 2 amide bonds. The number of benzene rings is 2. The van der Waals surface area contributed by atoms with Gasteiger partial charge in [-0.2, -0.15) is 0 Å². The molecule has 3 aliphatic rings. The molecule has 9 heteroatoms. The molecule has 0 aromatic heterocycles. The molecule has 0 radical (unpaired) electrons. The molecule has 0 spiro atoms. The molecule has 3 heterocycles. The quantitative estimate of drug-likeness (QED) is 0.400. The molecule has 0 unspecified atom stereocenters. The number of hydrazine groups is 1. The highest BCUT2D eigenvalue weighted by Crippen LogP contribution is 2.49. The minimum absolute atomic E-state index is 0.0155. The van der Waals surface area contributed by atoms with E-state index in [4.69, 9.17) is 0 Å². The zero-order valence-corrected chi connectivity index (χ0v) is 16.9. The molecule has 0 bridgehead atoms. The fourth-order valence-corrected chi connectivity index (χ4v) is 5.04. The van der Waals surface area contributed by atoms with E-state index >= 15 is 0 Å². The van der Waals surface area contributed by atoms with Crippen LogP contribution < -0.4 is 4.90 Å². The van der Waals surface area contributed by atoms with Crippen molar-refractivity contribution in [3.05, 3.63) is 68.7 Å². The number of nitro benzene ring substituents is 1. The van der Waals surface area contributed by atoms with E-state index in [-0.39, 0.29) is 23.5 Å². The molecule has 3 fully saturated rings. The summed E-state index contributed by atoms with van der Waals surface area (Å²) in [7, 11) is 0. The van der Waals surface area contributed by atoms with Crippen molar-refractivity contribution < 1.29 is 14.5 Å². The number of carbonyl (C=O) groups is 2. The van der Waals surface area contributed by atoms with Crippen LogP contribution in [0.25, 0.3) is 0 Å². The molecule has 3 aliphatic heterocycles. The number of anilines is 1. The van der Waals surface area contributed by atoms with Crippen molar-refractivity contribution in [3.8, 4) is 0 Å². The van der Waals surface area contributed by atoms with Crippen molar-refractivity contribution in [2.24, 2.45) is 5.92 Å². The summed E-state index contributed by atoms with van der Waals surface area (Å²) < 4.78 is 0.862. The summed E-state index contributed by atoms with van der Waals surface area (Å²) in [6, 6.07) is 12.5. The van der Waals surface area contributed by atoms with E-state index in [1.165, 1.54) is 17.0 Å². The zero-order chi connectivity index (χ0) is 20.3.